The Labute approximate surface area is 95.6 Å². The molecule has 0 radical (unpaired) electrons. The van der Waals surface area contributed by atoms with Crippen LogP contribution < -0.4 is 4.74 Å². The first kappa shape index (κ1) is 12.3. The predicted molar refractivity (Wildman–Crippen MR) is 62.9 cm³/mol. The standard InChI is InChI=1S/C13H15NO2/c14-9-3-11-16-13-7-5-12(6-8-13)4-1-2-10-15/h1,4-8,15H,2-3,10-11H2. The summed E-state index contributed by atoms with van der Waals surface area (Å²) in [5.74, 6) is 0.773. The van der Waals surface area contributed by atoms with E-state index in [-0.39, 0.29) is 6.61 Å². The predicted octanol–water partition coefficient (Wildman–Crippen LogP) is 2.37. The summed E-state index contributed by atoms with van der Waals surface area (Å²) in [6.07, 6.45) is 4.94. The molecule has 0 saturated heterocycles. The Morgan fingerprint density at radius 3 is 2.69 bits per heavy atom. The van der Waals surface area contributed by atoms with Crippen molar-refractivity contribution in [2.75, 3.05) is 13.2 Å². The van der Waals surface area contributed by atoms with Gasteiger partial charge in [-0.25, -0.2) is 0 Å². The number of hydrogen-bond donors (Lipinski definition) is 1. The van der Waals surface area contributed by atoms with Crippen LogP contribution in [0.4, 0.5) is 0 Å². The molecule has 0 amide bonds. The molecule has 1 rings (SSSR count). The average Bonchev–Trinajstić information content (AvgIpc) is 2.32. The Bertz CT molecular complexity index is 363. The Morgan fingerprint density at radius 1 is 1.31 bits per heavy atom. The van der Waals surface area contributed by atoms with Gasteiger partial charge in [0.25, 0.3) is 0 Å². The van der Waals surface area contributed by atoms with Gasteiger partial charge in [0.15, 0.2) is 0 Å². The molecule has 1 aromatic carbocycles. The molecule has 0 aliphatic carbocycles. The molecule has 1 aromatic rings. The van der Waals surface area contributed by atoms with E-state index in [9.17, 15) is 0 Å². The van der Waals surface area contributed by atoms with E-state index in [0.717, 1.165) is 11.3 Å². The molecule has 0 spiro atoms. The molecule has 0 saturated carbocycles. The zero-order valence-electron chi connectivity index (χ0n) is 9.10. The quantitative estimate of drug-likeness (QED) is 0.744. The third-order valence-corrected chi connectivity index (χ3v) is 1.97. The average molecular weight is 217 g/mol. The van der Waals surface area contributed by atoms with Crippen LogP contribution in [-0.2, 0) is 0 Å². The largest absolute Gasteiger partial charge is 0.493 e. The van der Waals surface area contributed by atoms with Gasteiger partial charge in [0.2, 0.25) is 0 Å². The Hall–Kier alpha value is -1.79. The molecule has 3 heteroatoms. The number of aliphatic hydroxyl groups excluding tert-OH is 1. The van der Waals surface area contributed by atoms with Crippen LogP contribution >= 0.6 is 0 Å². The molecule has 0 aromatic heterocycles. The molecule has 1 N–H and O–H groups in total. The molecule has 0 aliphatic rings. The van der Waals surface area contributed by atoms with E-state index in [1.54, 1.807) is 0 Å². The summed E-state index contributed by atoms with van der Waals surface area (Å²) >= 11 is 0. The fourth-order valence-electron chi connectivity index (χ4n) is 1.18. The number of benzene rings is 1. The van der Waals surface area contributed by atoms with Crippen molar-refractivity contribution in [1.82, 2.24) is 0 Å². The van der Waals surface area contributed by atoms with Gasteiger partial charge < -0.3 is 9.84 Å². The van der Waals surface area contributed by atoms with Crippen molar-refractivity contribution in [2.24, 2.45) is 0 Å². The number of nitrogens with zero attached hydrogens (tertiary/aromatic N) is 1. The zero-order valence-corrected chi connectivity index (χ0v) is 9.10. The number of nitriles is 1. The normalized spacial score (nSPS) is 10.2. The maximum absolute atomic E-state index is 8.61. The fraction of sp³-hybridized carbons (Fsp3) is 0.308. The first-order valence-electron chi connectivity index (χ1n) is 5.24. The van der Waals surface area contributed by atoms with Gasteiger partial charge in [0.1, 0.15) is 12.4 Å². The van der Waals surface area contributed by atoms with Crippen LogP contribution in [0, 0.1) is 11.3 Å². The van der Waals surface area contributed by atoms with E-state index in [0.29, 0.717) is 19.4 Å². The highest BCUT2D eigenvalue weighted by Gasteiger charge is 1.92. The third kappa shape index (κ3) is 4.63. The Morgan fingerprint density at radius 2 is 2.06 bits per heavy atom. The van der Waals surface area contributed by atoms with Crippen LogP contribution in [0.15, 0.2) is 30.3 Å². The molecule has 0 atom stereocenters. The van der Waals surface area contributed by atoms with Crippen molar-refractivity contribution < 1.29 is 9.84 Å². The van der Waals surface area contributed by atoms with Crippen LogP contribution in [0.3, 0.4) is 0 Å². The third-order valence-electron chi connectivity index (χ3n) is 1.97. The van der Waals surface area contributed by atoms with Crippen LogP contribution in [-0.4, -0.2) is 18.3 Å². The summed E-state index contributed by atoms with van der Waals surface area (Å²) in [5.41, 5.74) is 1.07. The van der Waals surface area contributed by atoms with Crippen molar-refractivity contribution in [1.29, 1.82) is 5.26 Å². The van der Waals surface area contributed by atoms with Crippen LogP contribution in [0.1, 0.15) is 18.4 Å². The Kier molecular flexibility index (Phi) is 5.75. The van der Waals surface area contributed by atoms with Crippen LogP contribution in [0.25, 0.3) is 6.08 Å². The summed E-state index contributed by atoms with van der Waals surface area (Å²) in [6.45, 7) is 0.599. The number of rotatable bonds is 6. The molecule has 0 unspecified atom stereocenters. The minimum atomic E-state index is 0.172. The van der Waals surface area contributed by atoms with Crippen LogP contribution in [0.2, 0.25) is 0 Å². The molecular formula is C13H15NO2. The highest BCUT2D eigenvalue weighted by atomic mass is 16.5. The highest BCUT2D eigenvalue weighted by Crippen LogP contribution is 2.13. The summed E-state index contributed by atoms with van der Waals surface area (Å²) in [7, 11) is 0. The number of ether oxygens (including phenoxy) is 1. The van der Waals surface area contributed by atoms with Crippen molar-refractivity contribution in [3.05, 3.63) is 35.9 Å². The second kappa shape index (κ2) is 7.49. The van der Waals surface area contributed by atoms with Crippen molar-refractivity contribution >= 4 is 6.08 Å². The van der Waals surface area contributed by atoms with Gasteiger partial charge in [0, 0.05) is 6.61 Å². The molecule has 0 aliphatic heterocycles. The van der Waals surface area contributed by atoms with E-state index in [4.69, 9.17) is 15.1 Å². The summed E-state index contributed by atoms with van der Waals surface area (Å²) in [5, 5.41) is 17.0. The second-order valence-corrected chi connectivity index (χ2v) is 3.24. The number of hydrogen-bond acceptors (Lipinski definition) is 3. The molecule has 16 heavy (non-hydrogen) atoms. The molecule has 3 nitrogen and oxygen atoms in total. The summed E-state index contributed by atoms with van der Waals surface area (Å²) in [4.78, 5) is 0. The molecule has 0 heterocycles. The molecular weight excluding hydrogens is 202 g/mol. The highest BCUT2D eigenvalue weighted by molar-refractivity contribution is 5.50. The van der Waals surface area contributed by atoms with E-state index < -0.39 is 0 Å². The van der Waals surface area contributed by atoms with Gasteiger partial charge in [-0.15, -0.1) is 0 Å². The van der Waals surface area contributed by atoms with E-state index in [1.165, 1.54) is 0 Å². The van der Waals surface area contributed by atoms with Gasteiger partial charge in [-0.2, -0.15) is 5.26 Å². The second-order valence-electron chi connectivity index (χ2n) is 3.24. The van der Waals surface area contributed by atoms with Crippen LogP contribution in [0.5, 0.6) is 5.75 Å². The smallest absolute Gasteiger partial charge is 0.119 e. The van der Waals surface area contributed by atoms with E-state index >= 15 is 0 Å². The van der Waals surface area contributed by atoms with Crippen molar-refractivity contribution in [3.63, 3.8) is 0 Å². The van der Waals surface area contributed by atoms with Crippen molar-refractivity contribution in [3.8, 4) is 11.8 Å². The maximum Gasteiger partial charge on any atom is 0.119 e. The van der Waals surface area contributed by atoms with Gasteiger partial charge in [-0.1, -0.05) is 24.3 Å². The fourth-order valence-corrected chi connectivity index (χ4v) is 1.18. The van der Waals surface area contributed by atoms with E-state index in [1.807, 2.05) is 42.5 Å². The van der Waals surface area contributed by atoms with Crippen molar-refractivity contribution in [2.45, 2.75) is 12.8 Å². The zero-order chi connectivity index (χ0) is 11.6. The molecule has 0 bridgehead atoms. The lowest BCUT2D eigenvalue weighted by molar-refractivity contribution is 0.303. The van der Waals surface area contributed by atoms with Gasteiger partial charge in [-0.3, -0.25) is 0 Å². The molecule has 0 fully saturated rings. The first-order valence-corrected chi connectivity index (χ1v) is 5.24. The van der Waals surface area contributed by atoms with Gasteiger partial charge in [-0.05, 0) is 24.1 Å². The maximum atomic E-state index is 8.61. The summed E-state index contributed by atoms with van der Waals surface area (Å²) in [6, 6.07) is 9.65. The molecule has 84 valence electrons. The Balaban J connectivity index is 2.45. The summed E-state index contributed by atoms with van der Waals surface area (Å²) < 4.78 is 5.34. The minimum absolute atomic E-state index is 0.172. The lowest BCUT2D eigenvalue weighted by Crippen LogP contribution is -1.95. The lowest BCUT2D eigenvalue weighted by Gasteiger charge is -2.03. The number of aliphatic hydroxyl groups is 1. The minimum Gasteiger partial charge on any atom is -0.493 e. The van der Waals surface area contributed by atoms with E-state index in [2.05, 4.69) is 0 Å². The van der Waals surface area contributed by atoms with Gasteiger partial charge >= 0.3 is 0 Å². The monoisotopic (exact) mass is 217 g/mol. The van der Waals surface area contributed by atoms with Gasteiger partial charge in [0.05, 0.1) is 12.5 Å². The lowest BCUT2D eigenvalue weighted by atomic mass is 10.2. The first-order chi connectivity index (χ1) is 7.86. The SMILES string of the molecule is N#CCCOc1ccc(C=CCCO)cc1. The topological polar surface area (TPSA) is 53.2 Å².